The van der Waals surface area contributed by atoms with Gasteiger partial charge in [0.2, 0.25) is 0 Å². The number of nitrogens with zero attached hydrogens (tertiary/aromatic N) is 4. The largest absolute Gasteiger partial charge is 0.350 e. The lowest BCUT2D eigenvalue weighted by molar-refractivity contribution is 0.110. The van der Waals surface area contributed by atoms with Crippen LogP contribution in [0.4, 0.5) is 5.69 Å². The average Bonchev–Trinajstić information content (AvgIpc) is 3.27. The van der Waals surface area contributed by atoms with Gasteiger partial charge in [0.25, 0.3) is 0 Å². The number of benzene rings is 2. The molecule has 1 aliphatic heterocycles. The van der Waals surface area contributed by atoms with Crippen molar-refractivity contribution in [2.45, 2.75) is 12.8 Å². The van der Waals surface area contributed by atoms with Crippen molar-refractivity contribution in [2.75, 3.05) is 18.1 Å². The Kier molecular flexibility index (Phi) is 4.19. The Labute approximate surface area is 145 Å². The summed E-state index contributed by atoms with van der Waals surface area (Å²) in [6.45, 7) is 2.10. The van der Waals surface area contributed by atoms with Gasteiger partial charge in [-0.1, -0.05) is 53.2 Å². The van der Waals surface area contributed by atoms with Crippen LogP contribution < -0.4 is 4.90 Å². The third kappa shape index (κ3) is 3.00. The number of ether oxygens (including phenoxy) is 1. The van der Waals surface area contributed by atoms with Crippen LogP contribution in [0.3, 0.4) is 0 Å². The van der Waals surface area contributed by atoms with Gasteiger partial charge in [-0.2, -0.15) is 0 Å². The first-order valence-electron chi connectivity index (χ1n) is 7.88. The molecule has 0 amide bonds. The Morgan fingerprint density at radius 3 is 2.71 bits per heavy atom. The lowest BCUT2D eigenvalue weighted by atomic mass is 10.2. The van der Waals surface area contributed by atoms with Gasteiger partial charge < -0.3 is 9.64 Å². The van der Waals surface area contributed by atoms with E-state index in [2.05, 4.69) is 27.3 Å². The summed E-state index contributed by atoms with van der Waals surface area (Å²) in [6, 6.07) is 18.0. The highest BCUT2D eigenvalue weighted by molar-refractivity contribution is 6.31. The molecule has 0 aliphatic carbocycles. The highest BCUT2D eigenvalue weighted by atomic mass is 35.5. The van der Waals surface area contributed by atoms with E-state index >= 15 is 0 Å². The Bertz CT molecular complexity index is 821. The highest BCUT2D eigenvalue weighted by Crippen LogP contribution is 2.30. The van der Waals surface area contributed by atoms with Gasteiger partial charge in [-0.25, -0.2) is 4.68 Å². The van der Waals surface area contributed by atoms with Gasteiger partial charge >= 0.3 is 0 Å². The summed E-state index contributed by atoms with van der Waals surface area (Å²) in [5.74, 6) is 0. The quantitative estimate of drug-likeness (QED) is 0.729. The van der Waals surface area contributed by atoms with Crippen LogP contribution in [0, 0.1) is 0 Å². The Morgan fingerprint density at radius 2 is 1.88 bits per heavy atom. The first-order chi connectivity index (χ1) is 11.8. The van der Waals surface area contributed by atoms with Crippen LogP contribution in [0.2, 0.25) is 5.02 Å². The molecule has 4 rings (SSSR count). The van der Waals surface area contributed by atoms with Crippen LogP contribution in [0.5, 0.6) is 0 Å². The minimum Gasteiger partial charge on any atom is -0.350 e. The second-order valence-electron chi connectivity index (χ2n) is 5.68. The summed E-state index contributed by atoms with van der Waals surface area (Å²) in [4.78, 5) is 2.20. The number of para-hydroxylation sites is 1. The van der Waals surface area contributed by atoms with E-state index in [1.165, 1.54) is 0 Å². The number of aromatic nitrogens is 3. The van der Waals surface area contributed by atoms with Crippen molar-refractivity contribution in [3.8, 4) is 0 Å². The van der Waals surface area contributed by atoms with Crippen LogP contribution in [-0.4, -0.2) is 28.1 Å². The predicted molar refractivity (Wildman–Crippen MR) is 93.1 cm³/mol. The van der Waals surface area contributed by atoms with Gasteiger partial charge in [0.1, 0.15) is 5.69 Å². The lowest BCUT2D eigenvalue weighted by Crippen LogP contribution is -2.23. The molecule has 0 unspecified atom stereocenters. The van der Waals surface area contributed by atoms with E-state index in [0.717, 1.165) is 28.5 Å². The van der Waals surface area contributed by atoms with Crippen LogP contribution >= 0.6 is 11.6 Å². The summed E-state index contributed by atoms with van der Waals surface area (Å²) in [6.07, 6.45) is 1.72. The Hall–Kier alpha value is -2.37. The van der Waals surface area contributed by atoms with Gasteiger partial charge in [0.15, 0.2) is 6.23 Å². The normalized spacial score (nSPS) is 17.4. The molecular weight excluding hydrogens is 324 g/mol. The predicted octanol–water partition coefficient (Wildman–Crippen LogP) is 3.52. The molecule has 0 bridgehead atoms. The van der Waals surface area contributed by atoms with Crippen LogP contribution in [0.15, 0.2) is 60.8 Å². The van der Waals surface area contributed by atoms with E-state index in [0.29, 0.717) is 13.2 Å². The smallest absolute Gasteiger partial charge is 0.177 e. The molecule has 5 nitrogen and oxygen atoms in total. The summed E-state index contributed by atoms with van der Waals surface area (Å²) >= 11 is 6.22. The second kappa shape index (κ2) is 6.63. The molecule has 0 saturated carbocycles. The topological polar surface area (TPSA) is 43.2 Å². The molecule has 2 heterocycles. The van der Waals surface area contributed by atoms with Crippen molar-refractivity contribution in [2.24, 2.45) is 0 Å². The van der Waals surface area contributed by atoms with Crippen molar-refractivity contribution in [1.82, 2.24) is 15.0 Å². The fourth-order valence-electron chi connectivity index (χ4n) is 2.90. The van der Waals surface area contributed by atoms with Gasteiger partial charge in [-0.05, 0) is 23.8 Å². The third-order valence-electron chi connectivity index (χ3n) is 4.08. The van der Waals surface area contributed by atoms with Crippen molar-refractivity contribution in [3.63, 3.8) is 0 Å². The van der Waals surface area contributed by atoms with Gasteiger partial charge in [-0.3, -0.25) is 0 Å². The fraction of sp³-hybridized carbons (Fsp3) is 0.222. The molecule has 24 heavy (non-hydrogen) atoms. The molecule has 0 spiro atoms. The number of hydrogen-bond acceptors (Lipinski definition) is 4. The van der Waals surface area contributed by atoms with Crippen molar-refractivity contribution in [3.05, 3.63) is 77.1 Å². The standard InChI is InChI=1S/C18H17ClN4O/c19-16-9-5-4-6-14(16)12-22-13-17(20-21-22)18-23(10-11-24-18)15-7-2-1-3-8-15/h1-9,13,18H,10-12H2/t18-/m1/s1. The van der Waals surface area contributed by atoms with Crippen molar-refractivity contribution in [1.29, 1.82) is 0 Å². The zero-order valence-electron chi connectivity index (χ0n) is 13.0. The van der Waals surface area contributed by atoms with E-state index in [4.69, 9.17) is 16.3 Å². The molecule has 6 heteroatoms. The molecule has 1 saturated heterocycles. The Balaban J connectivity index is 1.55. The minimum absolute atomic E-state index is 0.201. The molecule has 0 radical (unpaired) electrons. The van der Waals surface area contributed by atoms with E-state index in [9.17, 15) is 0 Å². The maximum atomic E-state index is 6.22. The van der Waals surface area contributed by atoms with Crippen LogP contribution in [0.25, 0.3) is 0 Å². The SMILES string of the molecule is Clc1ccccc1Cn1cc([C@H]2OCCN2c2ccccc2)nn1. The van der Waals surface area contributed by atoms with E-state index in [-0.39, 0.29) is 6.23 Å². The molecule has 1 fully saturated rings. The number of rotatable bonds is 4. The average molecular weight is 341 g/mol. The van der Waals surface area contributed by atoms with E-state index < -0.39 is 0 Å². The molecule has 0 N–H and O–H groups in total. The molecule has 3 aromatic rings. The van der Waals surface area contributed by atoms with E-state index in [1.54, 1.807) is 4.68 Å². The minimum atomic E-state index is -0.201. The number of halogens is 1. The van der Waals surface area contributed by atoms with Crippen LogP contribution in [-0.2, 0) is 11.3 Å². The number of hydrogen-bond donors (Lipinski definition) is 0. The van der Waals surface area contributed by atoms with Crippen LogP contribution in [0.1, 0.15) is 17.5 Å². The van der Waals surface area contributed by atoms with Crippen molar-refractivity contribution < 1.29 is 4.74 Å². The zero-order chi connectivity index (χ0) is 16.4. The molecule has 122 valence electrons. The Morgan fingerprint density at radius 1 is 1.08 bits per heavy atom. The molecule has 1 aliphatic rings. The van der Waals surface area contributed by atoms with Gasteiger partial charge in [-0.15, -0.1) is 5.10 Å². The third-order valence-corrected chi connectivity index (χ3v) is 4.45. The number of anilines is 1. The first-order valence-corrected chi connectivity index (χ1v) is 8.26. The maximum absolute atomic E-state index is 6.22. The summed E-state index contributed by atoms with van der Waals surface area (Å²) in [5.41, 5.74) is 2.95. The molecular formula is C18H17ClN4O. The molecule has 1 atom stereocenters. The fourth-order valence-corrected chi connectivity index (χ4v) is 3.10. The summed E-state index contributed by atoms with van der Waals surface area (Å²) in [5, 5.41) is 9.26. The molecule has 1 aromatic heterocycles. The summed E-state index contributed by atoms with van der Waals surface area (Å²) < 4.78 is 7.67. The van der Waals surface area contributed by atoms with Crippen molar-refractivity contribution >= 4 is 17.3 Å². The summed E-state index contributed by atoms with van der Waals surface area (Å²) in [7, 11) is 0. The highest BCUT2D eigenvalue weighted by Gasteiger charge is 2.29. The first kappa shape index (κ1) is 15.2. The van der Waals surface area contributed by atoms with E-state index in [1.807, 2.05) is 48.7 Å². The molecule has 2 aromatic carbocycles. The monoisotopic (exact) mass is 340 g/mol. The lowest BCUT2D eigenvalue weighted by Gasteiger charge is -2.23. The second-order valence-corrected chi connectivity index (χ2v) is 6.09. The maximum Gasteiger partial charge on any atom is 0.177 e. The van der Waals surface area contributed by atoms with Gasteiger partial charge in [0, 0.05) is 17.3 Å². The van der Waals surface area contributed by atoms with Gasteiger partial charge in [0.05, 0.1) is 19.3 Å². The zero-order valence-corrected chi connectivity index (χ0v) is 13.8.